The first-order chi connectivity index (χ1) is 12.8. The number of carbonyl (C=O) groups is 1. The third kappa shape index (κ3) is 5.54. The van der Waals surface area contributed by atoms with E-state index in [9.17, 15) is 14.9 Å². The van der Waals surface area contributed by atoms with Gasteiger partial charge in [0, 0.05) is 26.3 Å². The van der Waals surface area contributed by atoms with Crippen molar-refractivity contribution in [2.24, 2.45) is 0 Å². The van der Waals surface area contributed by atoms with E-state index in [1.807, 2.05) is 17.9 Å². The van der Waals surface area contributed by atoms with Crippen LogP contribution in [0.5, 0.6) is 0 Å². The van der Waals surface area contributed by atoms with Gasteiger partial charge in [0.1, 0.15) is 5.15 Å². The summed E-state index contributed by atoms with van der Waals surface area (Å²) in [7, 11) is 1.78. The average molecular weight is 398 g/mol. The fraction of sp³-hybridized carbons (Fsp3) is 0.529. The Morgan fingerprint density at radius 2 is 2.19 bits per heavy atom. The maximum atomic E-state index is 11.7. The van der Waals surface area contributed by atoms with E-state index in [2.05, 4.69) is 4.98 Å². The molecule has 0 spiro atoms. The van der Waals surface area contributed by atoms with E-state index in [1.165, 1.54) is 0 Å². The van der Waals surface area contributed by atoms with Gasteiger partial charge in [-0.15, -0.1) is 0 Å². The lowest BCUT2D eigenvalue weighted by Gasteiger charge is -2.39. The van der Waals surface area contributed by atoms with Crippen molar-refractivity contribution in [2.45, 2.75) is 20.4 Å². The van der Waals surface area contributed by atoms with Crippen molar-refractivity contribution < 1.29 is 14.5 Å². The summed E-state index contributed by atoms with van der Waals surface area (Å²) in [6.45, 7) is 5.47. The van der Waals surface area contributed by atoms with Crippen LogP contribution in [0.2, 0.25) is 5.15 Å². The van der Waals surface area contributed by atoms with Crippen molar-refractivity contribution in [1.29, 1.82) is 0 Å². The number of esters is 1. The summed E-state index contributed by atoms with van der Waals surface area (Å²) in [6, 6.07) is 3.54. The number of rotatable bonds is 8. The lowest BCUT2D eigenvalue weighted by molar-refractivity contribution is -0.433. The minimum Gasteiger partial charge on any atom is -0.465 e. The van der Waals surface area contributed by atoms with Crippen molar-refractivity contribution in [3.05, 3.63) is 50.7 Å². The van der Waals surface area contributed by atoms with Crippen molar-refractivity contribution in [3.8, 4) is 0 Å². The van der Waals surface area contributed by atoms with Gasteiger partial charge in [-0.1, -0.05) is 17.7 Å². The molecule has 148 valence electrons. The van der Waals surface area contributed by atoms with E-state index in [0.29, 0.717) is 30.7 Å². The maximum absolute atomic E-state index is 11.7. The molecule has 0 aromatic carbocycles. The normalized spacial score (nSPS) is 15.0. The Morgan fingerprint density at radius 1 is 1.44 bits per heavy atom. The summed E-state index contributed by atoms with van der Waals surface area (Å²) >= 11 is 5.82. The Labute approximate surface area is 163 Å². The fourth-order valence-corrected chi connectivity index (χ4v) is 3.15. The molecule has 0 saturated carbocycles. The first kappa shape index (κ1) is 20.9. The summed E-state index contributed by atoms with van der Waals surface area (Å²) in [5.41, 5.74) is 0.954. The average Bonchev–Trinajstić information content (AvgIpc) is 2.61. The molecule has 1 aromatic heterocycles. The van der Waals surface area contributed by atoms with Crippen LogP contribution >= 0.6 is 11.6 Å². The van der Waals surface area contributed by atoms with Crippen LogP contribution in [-0.2, 0) is 16.1 Å². The highest BCUT2D eigenvalue weighted by atomic mass is 35.5. The van der Waals surface area contributed by atoms with Gasteiger partial charge < -0.3 is 14.5 Å². The van der Waals surface area contributed by atoms with Gasteiger partial charge in [-0.3, -0.25) is 19.8 Å². The number of pyridine rings is 1. The SMILES string of the molecule is CCOC(=O)CN1CC([N+](=O)[O-])=C(N(CC)Cc2ccc(Cl)nc2)N(C)C1. The number of hydrogen-bond donors (Lipinski definition) is 0. The van der Waals surface area contributed by atoms with E-state index in [1.54, 1.807) is 36.0 Å². The zero-order chi connectivity index (χ0) is 20.0. The molecule has 0 bridgehead atoms. The van der Waals surface area contributed by atoms with Gasteiger partial charge in [-0.05, 0) is 25.5 Å². The molecule has 0 unspecified atom stereocenters. The van der Waals surface area contributed by atoms with Crippen molar-refractivity contribution in [2.75, 3.05) is 40.0 Å². The summed E-state index contributed by atoms with van der Waals surface area (Å²) < 4.78 is 4.95. The molecule has 0 radical (unpaired) electrons. The van der Waals surface area contributed by atoms with Gasteiger partial charge in [0.15, 0.2) is 5.82 Å². The molecular weight excluding hydrogens is 374 g/mol. The smallest absolute Gasteiger partial charge is 0.320 e. The molecule has 0 atom stereocenters. The van der Waals surface area contributed by atoms with Gasteiger partial charge in [-0.25, -0.2) is 4.98 Å². The summed E-state index contributed by atoms with van der Waals surface area (Å²) in [5, 5.41) is 12.1. The monoisotopic (exact) mass is 397 g/mol. The zero-order valence-corrected chi connectivity index (χ0v) is 16.5. The Balaban J connectivity index is 2.25. The van der Waals surface area contributed by atoms with E-state index in [-0.39, 0.29) is 30.3 Å². The molecule has 0 saturated heterocycles. The third-order valence-corrected chi connectivity index (χ3v) is 4.35. The number of nitro groups is 1. The Hall–Kier alpha value is -2.39. The molecule has 27 heavy (non-hydrogen) atoms. The molecule has 10 heteroatoms. The molecule has 0 amide bonds. The van der Waals surface area contributed by atoms with Gasteiger partial charge >= 0.3 is 5.97 Å². The van der Waals surface area contributed by atoms with Crippen LogP contribution in [-0.4, -0.2) is 70.5 Å². The molecule has 2 heterocycles. The molecule has 1 aromatic rings. The topological polar surface area (TPSA) is 92.0 Å². The predicted octanol–water partition coefficient (Wildman–Crippen LogP) is 1.77. The van der Waals surface area contributed by atoms with Crippen molar-refractivity contribution in [3.63, 3.8) is 0 Å². The van der Waals surface area contributed by atoms with Crippen molar-refractivity contribution >= 4 is 17.6 Å². The highest BCUT2D eigenvalue weighted by molar-refractivity contribution is 6.29. The van der Waals surface area contributed by atoms with E-state index in [0.717, 1.165) is 5.56 Å². The van der Waals surface area contributed by atoms with Crippen LogP contribution in [0, 0.1) is 10.1 Å². The van der Waals surface area contributed by atoms with Crippen LogP contribution in [0.15, 0.2) is 29.8 Å². The van der Waals surface area contributed by atoms with Crippen molar-refractivity contribution in [1.82, 2.24) is 19.7 Å². The van der Waals surface area contributed by atoms with Gasteiger partial charge in [0.2, 0.25) is 0 Å². The van der Waals surface area contributed by atoms with Crippen LogP contribution < -0.4 is 0 Å². The fourth-order valence-electron chi connectivity index (χ4n) is 3.04. The lowest BCUT2D eigenvalue weighted by atomic mass is 10.2. The first-order valence-electron chi connectivity index (χ1n) is 8.67. The highest BCUT2D eigenvalue weighted by Crippen LogP contribution is 2.23. The second-order valence-electron chi connectivity index (χ2n) is 6.16. The number of hydrogen-bond acceptors (Lipinski definition) is 8. The molecule has 2 rings (SSSR count). The largest absolute Gasteiger partial charge is 0.465 e. The van der Waals surface area contributed by atoms with Crippen LogP contribution in [0.4, 0.5) is 0 Å². The first-order valence-corrected chi connectivity index (χ1v) is 9.05. The summed E-state index contributed by atoms with van der Waals surface area (Å²) in [6.07, 6.45) is 1.66. The molecule has 0 fully saturated rings. The number of nitrogens with zero attached hydrogens (tertiary/aromatic N) is 5. The number of carbonyl (C=O) groups excluding carboxylic acids is 1. The Kier molecular flexibility index (Phi) is 7.37. The van der Waals surface area contributed by atoms with Crippen LogP contribution in [0.1, 0.15) is 19.4 Å². The minimum atomic E-state index is -0.392. The molecule has 1 aliphatic heterocycles. The maximum Gasteiger partial charge on any atom is 0.320 e. The quantitative estimate of drug-likeness (QED) is 0.283. The van der Waals surface area contributed by atoms with Crippen LogP contribution in [0.3, 0.4) is 0 Å². The summed E-state index contributed by atoms with van der Waals surface area (Å²) in [4.78, 5) is 32.5. The molecular formula is C17H24ClN5O4. The Morgan fingerprint density at radius 3 is 2.74 bits per heavy atom. The van der Waals surface area contributed by atoms with Gasteiger partial charge in [0.05, 0.1) is 31.3 Å². The predicted molar refractivity (Wildman–Crippen MR) is 100 cm³/mol. The number of aromatic nitrogens is 1. The standard InChI is InChI=1S/C17H24ClN5O4/c1-4-22(9-13-6-7-15(18)19-8-13)17-14(23(25)26)10-21(12-20(17)3)11-16(24)27-5-2/h6-8H,4-5,9-12H2,1-3H3. The molecule has 9 nitrogen and oxygen atoms in total. The second kappa shape index (κ2) is 9.52. The van der Waals surface area contributed by atoms with Gasteiger partial charge in [-0.2, -0.15) is 0 Å². The molecule has 0 N–H and O–H groups in total. The highest BCUT2D eigenvalue weighted by Gasteiger charge is 2.34. The number of ether oxygens (including phenoxy) is 1. The third-order valence-electron chi connectivity index (χ3n) is 4.13. The van der Waals surface area contributed by atoms with E-state index < -0.39 is 5.97 Å². The van der Waals surface area contributed by atoms with Gasteiger partial charge in [0.25, 0.3) is 5.70 Å². The zero-order valence-electron chi connectivity index (χ0n) is 15.7. The van der Waals surface area contributed by atoms with E-state index >= 15 is 0 Å². The minimum absolute atomic E-state index is 0.00995. The number of halogens is 1. The van der Waals surface area contributed by atoms with E-state index in [4.69, 9.17) is 16.3 Å². The molecule has 1 aliphatic rings. The second-order valence-corrected chi connectivity index (χ2v) is 6.55. The van der Waals surface area contributed by atoms with Crippen LogP contribution in [0.25, 0.3) is 0 Å². The summed E-state index contributed by atoms with van der Waals surface area (Å²) in [5.74, 6) is 0.147. The lowest BCUT2D eigenvalue weighted by Crippen LogP contribution is -2.49. The Bertz CT molecular complexity index is 710. The molecule has 0 aliphatic carbocycles.